The van der Waals surface area contributed by atoms with Gasteiger partial charge in [-0.05, 0) is 25.8 Å². The largest absolute Gasteiger partial charge is 0.355 e. The molecule has 0 aliphatic carbocycles. The highest BCUT2D eigenvalue weighted by atomic mass is 16.2. The maximum Gasteiger partial charge on any atom is 0.234 e. The summed E-state index contributed by atoms with van der Waals surface area (Å²) in [5.41, 5.74) is 0. The Hall–Kier alpha value is -0.610. The summed E-state index contributed by atoms with van der Waals surface area (Å²) in [4.78, 5) is 13.6. The van der Waals surface area contributed by atoms with E-state index >= 15 is 0 Å². The first-order valence-corrected chi connectivity index (χ1v) is 5.57. The molecule has 80 valence electrons. The van der Waals surface area contributed by atoms with E-state index in [9.17, 15) is 4.79 Å². The van der Waals surface area contributed by atoms with Crippen LogP contribution in [0.3, 0.4) is 0 Å². The number of nitrogens with one attached hydrogen (secondary N) is 2. The third-order valence-corrected chi connectivity index (χ3v) is 2.98. The quantitative estimate of drug-likeness (QED) is 0.631. The Bertz CT molecular complexity index is 202. The number of carbonyl (C=O) groups is 1. The van der Waals surface area contributed by atoms with Crippen LogP contribution in [0.2, 0.25) is 0 Å². The number of carbonyl (C=O) groups excluding carboxylic acids is 1. The summed E-state index contributed by atoms with van der Waals surface area (Å²) in [5, 5.41) is 6.36. The standard InChI is InChI=1S/C10H19N3O/c14-10-8-13(6-2-5-12-10)7-9-3-1-4-11-9/h9,11H,1-8H2,(H,12,14). The van der Waals surface area contributed by atoms with E-state index < -0.39 is 0 Å². The van der Waals surface area contributed by atoms with Crippen LogP contribution in [0.15, 0.2) is 0 Å². The Morgan fingerprint density at radius 3 is 3.07 bits per heavy atom. The number of amides is 1. The van der Waals surface area contributed by atoms with E-state index in [1.165, 1.54) is 12.8 Å². The molecule has 14 heavy (non-hydrogen) atoms. The highest BCUT2D eigenvalue weighted by Crippen LogP contribution is 2.07. The summed E-state index contributed by atoms with van der Waals surface area (Å²) in [6.07, 6.45) is 3.63. The van der Waals surface area contributed by atoms with Crippen molar-refractivity contribution < 1.29 is 4.79 Å². The summed E-state index contributed by atoms with van der Waals surface area (Å²) >= 11 is 0. The van der Waals surface area contributed by atoms with Crippen molar-refractivity contribution in [2.24, 2.45) is 0 Å². The van der Waals surface area contributed by atoms with Gasteiger partial charge >= 0.3 is 0 Å². The van der Waals surface area contributed by atoms with Crippen LogP contribution in [0.4, 0.5) is 0 Å². The predicted molar refractivity (Wildman–Crippen MR) is 55.1 cm³/mol. The first-order chi connectivity index (χ1) is 6.84. The van der Waals surface area contributed by atoms with Gasteiger partial charge in [0.15, 0.2) is 0 Å². The molecule has 2 saturated heterocycles. The highest BCUT2D eigenvalue weighted by molar-refractivity contribution is 5.78. The van der Waals surface area contributed by atoms with E-state index in [2.05, 4.69) is 15.5 Å². The zero-order valence-corrected chi connectivity index (χ0v) is 8.59. The number of rotatable bonds is 2. The van der Waals surface area contributed by atoms with Crippen molar-refractivity contribution in [1.82, 2.24) is 15.5 Å². The molecule has 2 aliphatic rings. The molecule has 4 nitrogen and oxygen atoms in total. The lowest BCUT2D eigenvalue weighted by atomic mass is 10.2. The van der Waals surface area contributed by atoms with Gasteiger partial charge in [-0.2, -0.15) is 0 Å². The number of hydrogen-bond acceptors (Lipinski definition) is 3. The van der Waals surface area contributed by atoms with Crippen molar-refractivity contribution in [3.63, 3.8) is 0 Å². The van der Waals surface area contributed by atoms with E-state index in [0.29, 0.717) is 12.6 Å². The topological polar surface area (TPSA) is 44.4 Å². The van der Waals surface area contributed by atoms with Crippen molar-refractivity contribution in [2.75, 3.05) is 32.7 Å². The first kappa shape index (κ1) is 9.93. The van der Waals surface area contributed by atoms with E-state index in [-0.39, 0.29) is 5.91 Å². The monoisotopic (exact) mass is 197 g/mol. The van der Waals surface area contributed by atoms with Gasteiger partial charge < -0.3 is 10.6 Å². The van der Waals surface area contributed by atoms with Gasteiger partial charge in [0.25, 0.3) is 0 Å². The Morgan fingerprint density at radius 1 is 1.36 bits per heavy atom. The molecule has 2 N–H and O–H groups in total. The highest BCUT2D eigenvalue weighted by Gasteiger charge is 2.20. The molecule has 2 heterocycles. The van der Waals surface area contributed by atoms with Crippen molar-refractivity contribution in [1.29, 1.82) is 0 Å². The minimum absolute atomic E-state index is 0.181. The SMILES string of the molecule is O=C1CN(CC2CCCN2)CCCN1. The Labute approximate surface area is 85.0 Å². The molecule has 2 rings (SSSR count). The minimum Gasteiger partial charge on any atom is -0.355 e. The molecule has 1 amide bonds. The van der Waals surface area contributed by atoms with Gasteiger partial charge in [-0.1, -0.05) is 0 Å². The lowest BCUT2D eigenvalue weighted by Crippen LogP contribution is -2.40. The molecule has 0 spiro atoms. The zero-order chi connectivity index (χ0) is 9.80. The normalized spacial score (nSPS) is 30.0. The van der Waals surface area contributed by atoms with E-state index in [0.717, 1.165) is 32.6 Å². The average Bonchev–Trinajstić information content (AvgIpc) is 2.56. The number of nitrogens with zero attached hydrogens (tertiary/aromatic N) is 1. The van der Waals surface area contributed by atoms with Crippen LogP contribution in [0, 0.1) is 0 Å². The molecule has 0 bridgehead atoms. The Morgan fingerprint density at radius 2 is 2.29 bits per heavy atom. The van der Waals surface area contributed by atoms with Gasteiger partial charge in [-0.15, -0.1) is 0 Å². The van der Waals surface area contributed by atoms with Crippen LogP contribution in [-0.2, 0) is 4.79 Å². The van der Waals surface area contributed by atoms with Crippen molar-refractivity contribution in [3.05, 3.63) is 0 Å². The predicted octanol–water partition coefficient (Wildman–Crippen LogP) is -0.440. The zero-order valence-electron chi connectivity index (χ0n) is 8.59. The molecule has 0 radical (unpaired) electrons. The summed E-state index contributed by atoms with van der Waals surface area (Å²) in [5.74, 6) is 0.181. The Kier molecular flexibility index (Phi) is 3.37. The fraction of sp³-hybridized carbons (Fsp3) is 0.900. The van der Waals surface area contributed by atoms with Crippen molar-refractivity contribution in [2.45, 2.75) is 25.3 Å². The molecule has 1 unspecified atom stereocenters. The summed E-state index contributed by atoms with van der Waals surface area (Å²) < 4.78 is 0. The smallest absolute Gasteiger partial charge is 0.234 e. The van der Waals surface area contributed by atoms with E-state index in [4.69, 9.17) is 0 Å². The van der Waals surface area contributed by atoms with Gasteiger partial charge in [0.05, 0.1) is 6.54 Å². The third kappa shape index (κ3) is 2.69. The fourth-order valence-corrected chi connectivity index (χ4v) is 2.25. The fourth-order valence-electron chi connectivity index (χ4n) is 2.25. The first-order valence-electron chi connectivity index (χ1n) is 5.57. The second-order valence-electron chi connectivity index (χ2n) is 4.23. The molecular formula is C10H19N3O. The Balaban J connectivity index is 1.79. The summed E-state index contributed by atoms with van der Waals surface area (Å²) in [6.45, 7) is 4.65. The van der Waals surface area contributed by atoms with Crippen molar-refractivity contribution in [3.8, 4) is 0 Å². The molecule has 0 aromatic heterocycles. The average molecular weight is 197 g/mol. The molecule has 0 saturated carbocycles. The molecule has 4 heteroatoms. The van der Waals surface area contributed by atoms with Crippen LogP contribution < -0.4 is 10.6 Å². The summed E-state index contributed by atoms with van der Waals surface area (Å²) in [6, 6.07) is 0.612. The molecule has 0 aromatic rings. The maximum atomic E-state index is 11.3. The third-order valence-electron chi connectivity index (χ3n) is 2.98. The van der Waals surface area contributed by atoms with Gasteiger partial charge in [0.1, 0.15) is 0 Å². The van der Waals surface area contributed by atoms with Gasteiger partial charge in [0, 0.05) is 25.7 Å². The molecular weight excluding hydrogens is 178 g/mol. The molecule has 0 aromatic carbocycles. The lowest BCUT2D eigenvalue weighted by Gasteiger charge is -2.22. The molecule has 2 fully saturated rings. The van der Waals surface area contributed by atoms with Gasteiger partial charge in [0.2, 0.25) is 5.91 Å². The number of hydrogen-bond donors (Lipinski definition) is 2. The van der Waals surface area contributed by atoms with Gasteiger partial charge in [-0.3, -0.25) is 9.69 Å². The second kappa shape index (κ2) is 4.75. The molecule has 1 atom stereocenters. The van der Waals surface area contributed by atoms with Crippen LogP contribution >= 0.6 is 0 Å². The van der Waals surface area contributed by atoms with Crippen LogP contribution in [0.25, 0.3) is 0 Å². The van der Waals surface area contributed by atoms with Crippen molar-refractivity contribution >= 4 is 5.91 Å². The van der Waals surface area contributed by atoms with Gasteiger partial charge in [-0.25, -0.2) is 0 Å². The lowest BCUT2D eigenvalue weighted by molar-refractivity contribution is -0.121. The molecule has 2 aliphatic heterocycles. The minimum atomic E-state index is 0.181. The maximum absolute atomic E-state index is 11.3. The van der Waals surface area contributed by atoms with Crippen LogP contribution in [0.5, 0.6) is 0 Å². The van der Waals surface area contributed by atoms with E-state index in [1.54, 1.807) is 0 Å². The van der Waals surface area contributed by atoms with E-state index in [1.807, 2.05) is 0 Å². The second-order valence-corrected chi connectivity index (χ2v) is 4.23. The van der Waals surface area contributed by atoms with Crippen LogP contribution in [0.1, 0.15) is 19.3 Å². The summed E-state index contributed by atoms with van der Waals surface area (Å²) in [7, 11) is 0. The van der Waals surface area contributed by atoms with Crippen LogP contribution in [-0.4, -0.2) is 49.6 Å².